The van der Waals surface area contributed by atoms with Crippen LogP contribution in [-0.4, -0.2) is 18.2 Å². The lowest BCUT2D eigenvalue weighted by Crippen LogP contribution is -2.51. The predicted molar refractivity (Wildman–Crippen MR) is 91.5 cm³/mol. The molecule has 1 amide bonds. The van der Waals surface area contributed by atoms with Gasteiger partial charge in [0.2, 0.25) is 0 Å². The van der Waals surface area contributed by atoms with Crippen LogP contribution in [0.3, 0.4) is 0 Å². The minimum atomic E-state index is -1.52. The number of carbonyl (C=O) groups is 1. The van der Waals surface area contributed by atoms with Gasteiger partial charge in [-0.3, -0.25) is 9.69 Å². The van der Waals surface area contributed by atoms with Gasteiger partial charge >= 0.3 is 0 Å². The van der Waals surface area contributed by atoms with Gasteiger partial charge in [-0.1, -0.05) is 66.7 Å². The molecular formula is C18H15ClN2O2. The molecule has 1 aliphatic rings. The molecule has 0 bridgehead atoms. The van der Waals surface area contributed by atoms with Crippen LogP contribution in [0.2, 0.25) is 0 Å². The molecule has 1 aliphatic heterocycles. The van der Waals surface area contributed by atoms with Crippen molar-refractivity contribution in [3.63, 3.8) is 0 Å². The number of anilines is 1. The van der Waals surface area contributed by atoms with E-state index in [0.29, 0.717) is 16.9 Å². The summed E-state index contributed by atoms with van der Waals surface area (Å²) in [7, 11) is 1.44. The lowest BCUT2D eigenvalue weighted by atomic mass is 9.99. The fraction of sp³-hybridized carbons (Fsp3) is 0.111. The summed E-state index contributed by atoms with van der Waals surface area (Å²) in [4.78, 5) is 19.0. The van der Waals surface area contributed by atoms with Gasteiger partial charge in [0, 0.05) is 18.4 Å². The minimum Gasteiger partial charge on any atom is -0.346 e. The molecule has 0 spiro atoms. The molecule has 0 saturated heterocycles. The number of amides is 1. The van der Waals surface area contributed by atoms with E-state index in [2.05, 4.69) is 11.6 Å². The summed E-state index contributed by atoms with van der Waals surface area (Å²) in [6.07, 6.45) is 0. The lowest BCUT2D eigenvalue weighted by molar-refractivity contribution is -0.140. The largest absolute Gasteiger partial charge is 0.346 e. The molecule has 23 heavy (non-hydrogen) atoms. The monoisotopic (exact) mass is 326 g/mol. The van der Waals surface area contributed by atoms with Crippen LogP contribution in [0.15, 0.2) is 77.9 Å². The quantitative estimate of drug-likeness (QED) is 0.863. The van der Waals surface area contributed by atoms with E-state index in [1.807, 2.05) is 48.5 Å². The Morgan fingerprint density at radius 3 is 2.22 bits per heavy atom. The number of ether oxygens (including phenoxy) is 1. The topological polar surface area (TPSA) is 41.9 Å². The Hall–Kier alpha value is -2.43. The Labute approximate surface area is 139 Å². The van der Waals surface area contributed by atoms with Crippen LogP contribution in [0.4, 0.5) is 5.69 Å². The van der Waals surface area contributed by atoms with Gasteiger partial charge in [-0.15, -0.1) is 0 Å². The number of hydrogen-bond donors (Lipinski definition) is 0. The number of carbonyl (C=O) groups excluding carboxylic acids is 1. The number of benzene rings is 2. The van der Waals surface area contributed by atoms with Gasteiger partial charge in [-0.05, 0) is 12.1 Å². The number of aliphatic imine (C=N–C) groups is 1. The van der Waals surface area contributed by atoms with Crippen LogP contribution in [-0.2, 0) is 15.3 Å². The zero-order valence-corrected chi connectivity index (χ0v) is 13.3. The summed E-state index contributed by atoms with van der Waals surface area (Å²) in [5, 5.41) is 0.138. The van der Waals surface area contributed by atoms with Crippen molar-refractivity contribution in [1.29, 1.82) is 0 Å². The molecule has 3 rings (SSSR count). The Morgan fingerprint density at radius 1 is 1.09 bits per heavy atom. The average molecular weight is 327 g/mol. The summed E-state index contributed by atoms with van der Waals surface area (Å²) in [6.45, 7) is 3.88. The first-order valence-electron chi connectivity index (χ1n) is 7.05. The Bertz CT molecular complexity index is 774. The van der Waals surface area contributed by atoms with Crippen LogP contribution in [0.1, 0.15) is 5.56 Å². The van der Waals surface area contributed by atoms with E-state index in [9.17, 15) is 4.79 Å². The highest BCUT2D eigenvalue weighted by Crippen LogP contribution is 2.37. The van der Waals surface area contributed by atoms with Gasteiger partial charge in [-0.2, -0.15) is 0 Å². The van der Waals surface area contributed by atoms with Gasteiger partial charge in [0.25, 0.3) is 11.6 Å². The predicted octanol–water partition coefficient (Wildman–Crippen LogP) is 3.68. The minimum absolute atomic E-state index is 0.138. The SMILES string of the molecule is C=C1C(Cl)=NC(OC)(c2ccccc2)C(=O)N1c1ccccc1. The smallest absolute Gasteiger partial charge is 0.292 e. The molecule has 2 aromatic rings. The van der Waals surface area contributed by atoms with Crippen molar-refractivity contribution in [2.24, 2.45) is 4.99 Å². The van der Waals surface area contributed by atoms with E-state index in [-0.39, 0.29) is 11.1 Å². The van der Waals surface area contributed by atoms with Crippen LogP contribution < -0.4 is 4.90 Å². The molecular weight excluding hydrogens is 312 g/mol. The number of methoxy groups -OCH3 is 1. The third-order valence-electron chi connectivity index (χ3n) is 3.73. The average Bonchev–Trinajstić information content (AvgIpc) is 2.60. The van der Waals surface area contributed by atoms with Crippen molar-refractivity contribution in [1.82, 2.24) is 0 Å². The molecule has 0 saturated carbocycles. The maximum Gasteiger partial charge on any atom is 0.292 e. The second-order valence-corrected chi connectivity index (χ2v) is 5.40. The summed E-state index contributed by atoms with van der Waals surface area (Å²) in [6, 6.07) is 18.2. The molecule has 0 aliphatic carbocycles. The van der Waals surface area contributed by atoms with E-state index in [1.165, 1.54) is 12.0 Å². The number of hydrogen-bond acceptors (Lipinski definition) is 3. The first kappa shape index (κ1) is 15.5. The van der Waals surface area contributed by atoms with Crippen LogP contribution in [0.5, 0.6) is 0 Å². The van der Waals surface area contributed by atoms with Crippen molar-refractivity contribution in [2.45, 2.75) is 5.72 Å². The van der Waals surface area contributed by atoms with Crippen molar-refractivity contribution in [3.8, 4) is 0 Å². The highest BCUT2D eigenvalue weighted by atomic mass is 35.5. The molecule has 0 aromatic heterocycles. The number of nitrogens with zero attached hydrogens (tertiary/aromatic N) is 2. The zero-order valence-electron chi connectivity index (χ0n) is 12.6. The Morgan fingerprint density at radius 2 is 1.65 bits per heavy atom. The summed E-state index contributed by atoms with van der Waals surface area (Å²) in [5.74, 6) is -0.355. The molecule has 5 heteroatoms. The van der Waals surface area contributed by atoms with Gasteiger partial charge in [0.15, 0.2) is 5.17 Å². The van der Waals surface area contributed by atoms with E-state index in [1.54, 1.807) is 12.1 Å². The summed E-state index contributed by atoms with van der Waals surface area (Å²) in [5.41, 5.74) is 0.0773. The number of rotatable bonds is 3. The lowest BCUT2D eigenvalue weighted by Gasteiger charge is -2.38. The van der Waals surface area contributed by atoms with E-state index >= 15 is 0 Å². The van der Waals surface area contributed by atoms with Crippen molar-refractivity contribution in [3.05, 3.63) is 78.5 Å². The number of para-hydroxylation sites is 1. The molecule has 0 N–H and O–H groups in total. The van der Waals surface area contributed by atoms with E-state index < -0.39 is 5.72 Å². The van der Waals surface area contributed by atoms with Crippen LogP contribution in [0.25, 0.3) is 0 Å². The fourth-order valence-electron chi connectivity index (χ4n) is 2.57. The molecule has 1 unspecified atom stereocenters. The fourth-order valence-corrected chi connectivity index (χ4v) is 2.77. The molecule has 116 valence electrons. The first-order chi connectivity index (χ1) is 11.1. The van der Waals surface area contributed by atoms with Gasteiger partial charge in [-0.25, -0.2) is 4.99 Å². The maximum absolute atomic E-state index is 13.2. The standard InChI is InChI=1S/C18H15ClN2O2/c1-13-16(19)20-18(23-2,14-9-5-3-6-10-14)17(22)21(13)15-11-7-4-8-12-15/h3-12H,1H2,2H3. The highest BCUT2D eigenvalue weighted by Gasteiger charge is 2.48. The second kappa shape index (κ2) is 5.99. The van der Waals surface area contributed by atoms with E-state index in [4.69, 9.17) is 16.3 Å². The zero-order chi connectivity index (χ0) is 16.4. The second-order valence-electron chi connectivity index (χ2n) is 5.04. The normalized spacial score (nSPS) is 21.3. The van der Waals surface area contributed by atoms with E-state index in [0.717, 1.165) is 0 Å². The van der Waals surface area contributed by atoms with Crippen LogP contribution in [0, 0.1) is 0 Å². The molecule has 0 fully saturated rings. The Balaban J connectivity index is 2.19. The molecule has 4 nitrogen and oxygen atoms in total. The van der Waals surface area contributed by atoms with Gasteiger partial charge in [0.1, 0.15) is 0 Å². The first-order valence-corrected chi connectivity index (χ1v) is 7.43. The summed E-state index contributed by atoms with van der Waals surface area (Å²) < 4.78 is 5.54. The van der Waals surface area contributed by atoms with Crippen molar-refractivity contribution >= 4 is 28.4 Å². The third-order valence-corrected chi connectivity index (χ3v) is 4.03. The highest BCUT2D eigenvalue weighted by molar-refractivity contribution is 6.70. The Kier molecular flexibility index (Phi) is 4.03. The maximum atomic E-state index is 13.2. The van der Waals surface area contributed by atoms with Gasteiger partial charge < -0.3 is 4.74 Å². The molecule has 2 aromatic carbocycles. The van der Waals surface area contributed by atoms with Crippen molar-refractivity contribution in [2.75, 3.05) is 12.0 Å². The molecule has 1 atom stereocenters. The number of allylic oxidation sites excluding steroid dienone is 1. The third kappa shape index (κ3) is 2.46. The molecule has 1 heterocycles. The van der Waals surface area contributed by atoms with Crippen molar-refractivity contribution < 1.29 is 9.53 Å². The van der Waals surface area contributed by atoms with Gasteiger partial charge in [0.05, 0.1) is 5.70 Å². The summed E-state index contributed by atoms with van der Waals surface area (Å²) >= 11 is 6.27. The van der Waals surface area contributed by atoms with Crippen LogP contribution >= 0.6 is 11.6 Å². The number of halogens is 1. The molecule has 0 radical (unpaired) electrons.